The van der Waals surface area contributed by atoms with Crippen LogP contribution < -0.4 is 21.9 Å². The van der Waals surface area contributed by atoms with Crippen LogP contribution in [0.3, 0.4) is 0 Å². The molecule has 1 heterocycles. The fourth-order valence-corrected chi connectivity index (χ4v) is 3.41. The van der Waals surface area contributed by atoms with Crippen LogP contribution in [0.2, 0.25) is 0 Å². The van der Waals surface area contributed by atoms with Gasteiger partial charge in [-0.05, 0) is 43.4 Å². The van der Waals surface area contributed by atoms with Crippen LogP contribution in [0.5, 0.6) is 0 Å². The van der Waals surface area contributed by atoms with Crippen molar-refractivity contribution in [3.63, 3.8) is 0 Å². The van der Waals surface area contributed by atoms with E-state index in [4.69, 9.17) is 5.73 Å². The Balaban J connectivity index is 2.60. The summed E-state index contributed by atoms with van der Waals surface area (Å²) in [4.78, 5) is 36.7. The van der Waals surface area contributed by atoms with Crippen molar-refractivity contribution in [2.75, 3.05) is 12.0 Å². The fraction of sp³-hybridized carbons (Fsp3) is 0.500. The van der Waals surface area contributed by atoms with Crippen LogP contribution in [0.25, 0.3) is 0 Å². The second-order valence-electron chi connectivity index (χ2n) is 4.86. The number of hydrazine groups is 1. The van der Waals surface area contributed by atoms with Gasteiger partial charge in [0.15, 0.2) is 0 Å². The standard InChI is InChI=1S/C14H22N4O3S2/c1-4-10-8(2)7-11(23-10)13(20)18-17-12(19)9(5-6-22-3)16-14(15)21/h7,9H,4-6H2,1-3H3,(H,17,19)(H,18,20)(H3,15,16,21)/t9-/m0/s1. The summed E-state index contributed by atoms with van der Waals surface area (Å²) in [7, 11) is 0. The molecule has 128 valence electrons. The number of carbonyl (C=O) groups excluding carboxylic acids is 3. The molecule has 0 saturated heterocycles. The molecule has 4 amide bonds. The van der Waals surface area contributed by atoms with E-state index in [1.54, 1.807) is 17.8 Å². The first-order valence-electron chi connectivity index (χ1n) is 7.13. The van der Waals surface area contributed by atoms with Gasteiger partial charge in [0.05, 0.1) is 4.88 Å². The number of thiophene rings is 1. The molecule has 0 aromatic carbocycles. The summed E-state index contributed by atoms with van der Waals surface area (Å²) >= 11 is 2.94. The molecule has 5 N–H and O–H groups in total. The van der Waals surface area contributed by atoms with Gasteiger partial charge in [0, 0.05) is 4.88 Å². The van der Waals surface area contributed by atoms with Gasteiger partial charge in [-0.2, -0.15) is 11.8 Å². The molecule has 0 aliphatic heterocycles. The van der Waals surface area contributed by atoms with Crippen LogP contribution in [-0.2, 0) is 11.2 Å². The summed E-state index contributed by atoms with van der Waals surface area (Å²) in [5.74, 6) is -0.208. The van der Waals surface area contributed by atoms with E-state index in [-0.39, 0.29) is 5.91 Å². The molecule has 0 saturated carbocycles. The van der Waals surface area contributed by atoms with E-state index in [1.165, 1.54) is 11.3 Å². The quantitative estimate of drug-likeness (QED) is 0.548. The Morgan fingerprint density at radius 3 is 2.57 bits per heavy atom. The highest BCUT2D eigenvalue weighted by molar-refractivity contribution is 7.98. The molecular weight excluding hydrogens is 336 g/mol. The average molecular weight is 358 g/mol. The van der Waals surface area contributed by atoms with Gasteiger partial charge in [-0.3, -0.25) is 20.4 Å². The fourth-order valence-electron chi connectivity index (χ4n) is 1.93. The summed E-state index contributed by atoms with van der Waals surface area (Å²) < 4.78 is 0. The van der Waals surface area contributed by atoms with Gasteiger partial charge >= 0.3 is 6.03 Å². The van der Waals surface area contributed by atoms with Crippen LogP contribution in [0.15, 0.2) is 6.07 Å². The van der Waals surface area contributed by atoms with Crippen molar-refractivity contribution >= 4 is 40.9 Å². The van der Waals surface area contributed by atoms with E-state index in [0.717, 1.165) is 16.9 Å². The third-order valence-electron chi connectivity index (χ3n) is 3.11. The molecule has 0 aliphatic carbocycles. The number of amides is 4. The number of nitrogens with two attached hydrogens (primary N) is 1. The predicted octanol–water partition coefficient (Wildman–Crippen LogP) is 1.17. The van der Waals surface area contributed by atoms with Gasteiger partial charge in [-0.1, -0.05) is 6.92 Å². The predicted molar refractivity (Wildman–Crippen MR) is 93.5 cm³/mol. The highest BCUT2D eigenvalue weighted by Gasteiger charge is 2.20. The Bertz CT molecular complexity index is 574. The van der Waals surface area contributed by atoms with Crippen LogP contribution >= 0.6 is 23.1 Å². The lowest BCUT2D eigenvalue weighted by Gasteiger charge is -2.16. The third kappa shape index (κ3) is 6.11. The zero-order valence-corrected chi connectivity index (χ0v) is 15.0. The van der Waals surface area contributed by atoms with Gasteiger partial charge in [0.2, 0.25) is 0 Å². The van der Waals surface area contributed by atoms with Crippen molar-refractivity contribution < 1.29 is 14.4 Å². The second-order valence-corrected chi connectivity index (χ2v) is 6.98. The van der Waals surface area contributed by atoms with E-state index >= 15 is 0 Å². The summed E-state index contributed by atoms with van der Waals surface area (Å²) in [5.41, 5.74) is 10.8. The van der Waals surface area contributed by atoms with Gasteiger partial charge < -0.3 is 11.1 Å². The summed E-state index contributed by atoms with van der Waals surface area (Å²) in [6.45, 7) is 3.97. The topological polar surface area (TPSA) is 113 Å². The Labute approximate surface area is 143 Å². The van der Waals surface area contributed by atoms with E-state index in [0.29, 0.717) is 17.1 Å². The molecule has 23 heavy (non-hydrogen) atoms. The molecule has 9 heteroatoms. The third-order valence-corrected chi connectivity index (χ3v) is 5.13. The zero-order chi connectivity index (χ0) is 17.4. The van der Waals surface area contributed by atoms with E-state index < -0.39 is 18.0 Å². The van der Waals surface area contributed by atoms with Crippen molar-refractivity contribution in [1.29, 1.82) is 0 Å². The zero-order valence-electron chi connectivity index (χ0n) is 13.4. The maximum atomic E-state index is 12.1. The van der Waals surface area contributed by atoms with Crippen molar-refractivity contribution in [1.82, 2.24) is 16.2 Å². The molecular formula is C14H22N4O3S2. The maximum Gasteiger partial charge on any atom is 0.312 e. The lowest BCUT2D eigenvalue weighted by atomic mass is 10.2. The average Bonchev–Trinajstić information content (AvgIpc) is 2.89. The number of carbonyl (C=O) groups is 3. The first-order chi connectivity index (χ1) is 10.9. The largest absolute Gasteiger partial charge is 0.352 e. The van der Waals surface area contributed by atoms with E-state index in [2.05, 4.69) is 16.2 Å². The normalized spacial score (nSPS) is 11.6. The van der Waals surface area contributed by atoms with Crippen LogP contribution in [0.4, 0.5) is 4.79 Å². The van der Waals surface area contributed by atoms with Crippen molar-refractivity contribution in [2.24, 2.45) is 5.73 Å². The highest BCUT2D eigenvalue weighted by atomic mass is 32.2. The highest BCUT2D eigenvalue weighted by Crippen LogP contribution is 2.21. The molecule has 1 atom stereocenters. The first kappa shape index (κ1) is 19.3. The van der Waals surface area contributed by atoms with Gasteiger partial charge in [-0.15, -0.1) is 11.3 Å². The Morgan fingerprint density at radius 1 is 1.35 bits per heavy atom. The van der Waals surface area contributed by atoms with Gasteiger partial charge in [0.1, 0.15) is 6.04 Å². The minimum Gasteiger partial charge on any atom is -0.352 e. The number of rotatable bonds is 7. The Morgan fingerprint density at radius 2 is 2.04 bits per heavy atom. The number of aryl methyl sites for hydroxylation is 2. The monoisotopic (exact) mass is 358 g/mol. The lowest BCUT2D eigenvalue weighted by molar-refractivity contribution is -0.123. The Kier molecular flexibility index (Phi) is 7.90. The molecule has 0 unspecified atom stereocenters. The molecule has 7 nitrogen and oxygen atoms in total. The smallest absolute Gasteiger partial charge is 0.312 e. The number of hydrogen-bond donors (Lipinski definition) is 4. The van der Waals surface area contributed by atoms with Crippen molar-refractivity contribution in [2.45, 2.75) is 32.7 Å². The van der Waals surface area contributed by atoms with Crippen LogP contribution in [-0.4, -0.2) is 35.9 Å². The molecule has 0 aliphatic rings. The number of thioether (sulfide) groups is 1. The van der Waals surface area contributed by atoms with Crippen LogP contribution in [0, 0.1) is 6.92 Å². The van der Waals surface area contributed by atoms with Crippen LogP contribution in [0.1, 0.15) is 33.5 Å². The lowest BCUT2D eigenvalue weighted by Crippen LogP contribution is -2.53. The maximum absolute atomic E-state index is 12.1. The molecule has 0 radical (unpaired) electrons. The molecule has 0 spiro atoms. The molecule has 0 bridgehead atoms. The van der Waals surface area contributed by atoms with Gasteiger partial charge in [-0.25, -0.2) is 4.79 Å². The summed E-state index contributed by atoms with van der Waals surface area (Å²) in [6.07, 6.45) is 3.17. The number of primary amides is 1. The minimum atomic E-state index is -0.781. The molecule has 1 aromatic heterocycles. The summed E-state index contributed by atoms with van der Waals surface area (Å²) in [5, 5.41) is 2.37. The number of urea groups is 1. The molecule has 1 rings (SSSR count). The first-order valence-corrected chi connectivity index (χ1v) is 9.34. The van der Waals surface area contributed by atoms with Gasteiger partial charge in [0.25, 0.3) is 11.8 Å². The SMILES string of the molecule is CCc1sc(C(=O)NNC(=O)[C@H](CCSC)NC(N)=O)cc1C. The second kappa shape index (κ2) is 9.41. The number of hydrogen-bond acceptors (Lipinski definition) is 5. The van der Waals surface area contributed by atoms with Crippen molar-refractivity contribution in [3.05, 3.63) is 21.4 Å². The van der Waals surface area contributed by atoms with Crippen molar-refractivity contribution in [3.8, 4) is 0 Å². The summed E-state index contributed by atoms with van der Waals surface area (Å²) in [6, 6.07) is 0.230. The number of nitrogens with one attached hydrogen (secondary N) is 3. The molecule has 1 aromatic rings. The molecule has 0 fully saturated rings. The van der Waals surface area contributed by atoms with E-state index in [1.807, 2.05) is 20.1 Å². The minimum absolute atomic E-state index is 0.381. The Hall–Kier alpha value is -1.74. The van der Waals surface area contributed by atoms with E-state index in [9.17, 15) is 14.4 Å².